The highest BCUT2D eigenvalue weighted by atomic mass is 16.6. The van der Waals surface area contributed by atoms with Crippen molar-refractivity contribution in [1.82, 2.24) is 15.4 Å². The van der Waals surface area contributed by atoms with E-state index in [9.17, 15) is 0 Å². The number of nitrogens with two attached hydrogens (primary N) is 1. The number of aromatic nitrogens is 2. The van der Waals surface area contributed by atoms with Crippen molar-refractivity contribution < 1.29 is 4.84 Å². The SMILES string of the molecule is CCc1ccnc(/N=C(\N)NOC)n1. The maximum absolute atomic E-state index is 5.44. The Morgan fingerprint density at radius 3 is 3.14 bits per heavy atom. The summed E-state index contributed by atoms with van der Waals surface area (Å²) in [5.74, 6) is 0.451. The third-order valence-corrected chi connectivity index (χ3v) is 1.49. The number of hydrogen-bond acceptors (Lipinski definition) is 4. The van der Waals surface area contributed by atoms with Gasteiger partial charge in [0.1, 0.15) is 0 Å². The van der Waals surface area contributed by atoms with Crippen molar-refractivity contribution >= 4 is 11.9 Å². The largest absolute Gasteiger partial charge is 0.368 e. The number of nitrogens with one attached hydrogen (secondary N) is 1. The van der Waals surface area contributed by atoms with Crippen molar-refractivity contribution in [3.63, 3.8) is 0 Å². The summed E-state index contributed by atoms with van der Waals surface area (Å²) in [7, 11) is 1.45. The fraction of sp³-hybridized carbons (Fsp3) is 0.375. The molecular formula is C8H13N5O. The molecule has 76 valence electrons. The molecule has 0 spiro atoms. The third-order valence-electron chi connectivity index (χ3n) is 1.49. The van der Waals surface area contributed by atoms with Gasteiger partial charge in [-0.2, -0.15) is 4.99 Å². The van der Waals surface area contributed by atoms with Crippen LogP contribution in [-0.2, 0) is 11.3 Å². The Kier molecular flexibility index (Phi) is 3.81. The van der Waals surface area contributed by atoms with Gasteiger partial charge >= 0.3 is 0 Å². The molecule has 14 heavy (non-hydrogen) atoms. The molecule has 0 amide bonds. The predicted octanol–water partition coefficient (Wildman–Crippen LogP) is 0.136. The normalized spacial score (nSPS) is 11.4. The van der Waals surface area contributed by atoms with Crippen molar-refractivity contribution in [2.24, 2.45) is 10.7 Å². The third kappa shape index (κ3) is 2.98. The van der Waals surface area contributed by atoms with Crippen LogP contribution in [0, 0.1) is 0 Å². The molecule has 0 atom stereocenters. The number of hydroxylamine groups is 1. The summed E-state index contributed by atoms with van der Waals surface area (Å²) >= 11 is 0. The van der Waals surface area contributed by atoms with Gasteiger partial charge in [0.25, 0.3) is 5.95 Å². The molecule has 0 aliphatic heterocycles. The first kappa shape index (κ1) is 10.4. The lowest BCUT2D eigenvalue weighted by molar-refractivity contribution is 0.143. The van der Waals surface area contributed by atoms with Gasteiger partial charge in [-0.15, -0.1) is 0 Å². The molecule has 0 aliphatic rings. The van der Waals surface area contributed by atoms with Gasteiger partial charge in [0.05, 0.1) is 7.11 Å². The van der Waals surface area contributed by atoms with Crippen molar-refractivity contribution in [1.29, 1.82) is 0 Å². The van der Waals surface area contributed by atoms with Crippen LogP contribution in [0.2, 0.25) is 0 Å². The van der Waals surface area contributed by atoms with Gasteiger partial charge < -0.3 is 5.73 Å². The van der Waals surface area contributed by atoms with Crippen molar-refractivity contribution in [2.45, 2.75) is 13.3 Å². The average Bonchev–Trinajstić information content (AvgIpc) is 2.18. The van der Waals surface area contributed by atoms with E-state index in [-0.39, 0.29) is 5.96 Å². The summed E-state index contributed by atoms with van der Waals surface area (Å²) in [6.45, 7) is 2.01. The number of nitrogens with zero attached hydrogens (tertiary/aromatic N) is 3. The highest BCUT2D eigenvalue weighted by Gasteiger charge is 1.96. The number of rotatable bonds is 3. The van der Waals surface area contributed by atoms with Crippen LogP contribution in [0.3, 0.4) is 0 Å². The average molecular weight is 195 g/mol. The molecule has 0 unspecified atom stereocenters. The molecule has 0 radical (unpaired) electrons. The zero-order valence-electron chi connectivity index (χ0n) is 8.19. The molecule has 0 aromatic carbocycles. The zero-order valence-corrected chi connectivity index (χ0v) is 8.19. The molecule has 1 heterocycles. The van der Waals surface area contributed by atoms with Gasteiger partial charge in [-0.1, -0.05) is 6.92 Å². The van der Waals surface area contributed by atoms with Crippen molar-refractivity contribution in [3.05, 3.63) is 18.0 Å². The first-order chi connectivity index (χ1) is 6.76. The van der Waals surface area contributed by atoms with Crippen molar-refractivity contribution in [3.8, 4) is 0 Å². The lowest BCUT2D eigenvalue weighted by Gasteiger charge is -2.00. The standard InChI is InChI=1S/C8H13N5O/c1-3-6-4-5-10-8(11-6)12-7(9)13-14-2/h4-5H,3H2,1-2H3,(H3,9,10,11,12,13). The Morgan fingerprint density at radius 1 is 1.71 bits per heavy atom. The maximum atomic E-state index is 5.44. The van der Waals surface area contributed by atoms with Crippen LogP contribution in [0.4, 0.5) is 5.95 Å². The minimum absolute atomic E-state index is 0.126. The van der Waals surface area contributed by atoms with Crippen LogP contribution < -0.4 is 11.2 Å². The summed E-state index contributed by atoms with van der Waals surface area (Å²) in [5, 5.41) is 0. The van der Waals surface area contributed by atoms with Gasteiger partial charge in [-0.05, 0) is 12.5 Å². The van der Waals surface area contributed by atoms with Crippen molar-refractivity contribution in [2.75, 3.05) is 7.11 Å². The van der Waals surface area contributed by atoms with E-state index in [1.54, 1.807) is 6.20 Å². The Hall–Kier alpha value is -1.69. The Labute approximate surface area is 82.2 Å². The first-order valence-corrected chi connectivity index (χ1v) is 4.21. The van der Waals surface area contributed by atoms with Crippen LogP contribution in [-0.4, -0.2) is 23.0 Å². The van der Waals surface area contributed by atoms with E-state index in [0.717, 1.165) is 12.1 Å². The molecule has 0 saturated heterocycles. The Morgan fingerprint density at radius 2 is 2.50 bits per heavy atom. The summed E-state index contributed by atoms with van der Waals surface area (Å²) in [4.78, 5) is 16.5. The van der Waals surface area contributed by atoms with E-state index in [1.165, 1.54) is 7.11 Å². The molecule has 3 N–H and O–H groups in total. The molecule has 1 aromatic rings. The minimum atomic E-state index is 0.126. The number of hydrogen-bond donors (Lipinski definition) is 2. The van der Waals surface area contributed by atoms with Gasteiger partial charge in [0, 0.05) is 11.9 Å². The second-order valence-corrected chi connectivity index (χ2v) is 2.50. The number of guanidine groups is 1. The Bertz CT molecular complexity index is 325. The van der Waals surface area contributed by atoms with Gasteiger partial charge in [0.2, 0.25) is 5.96 Å². The van der Waals surface area contributed by atoms with Crippen LogP contribution in [0.1, 0.15) is 12.6 Å². The summed E-state index contributed by atoms with van der Waals surface area (Å²) in [5.41, 5.74) is 8.74. The fourth-order valence-electron chi connectivity index (χ4n) is 0.870. The maximum Gasteiger partial charge on any atom is 0.252 e. The topological polar surface area (TPSA) is 85.4 Å². The first-order valence-electron chi connectivity index (χ1n) is 4.21. The van der Waals surface area contributed by atoms with E-state index in [2.05, 4.69) is 25.3 Å². The monoisotopic (exact) mass is 195 g/mol. The van der Waals surface area contributed by atoms with Crippen LogP contribution in [0.25, 0.3) is 0 Å². The lowest BCUT2D eigenvalue weighted by Crippen LogP contribution is -2.30. The quantitative estimate of drug-likeness (QED) is 0.407. The number of aliphatic imine (C=N–C) groups is 1. The van der Waals surface area contributed by atoms with Gasteiger partial charge in [0.15, 0.2) is 0 Å². The molecule has 1 aromatic heterocycles. The van der Waals surface area contributed by atoms with E-state index in [0.29, 0.717) is 5.95 Å². The molecule has 0 aliphatic carbocycles. The smallest absolute Gasteiger partial charge is 0.252 e. The number of aryl methyl sites for hydroxylation is 1. The highest BCUT2D eigenvalue weighted by molar-refractivity contribution is 5.78. The second kappa shape index (κ2) is 5.13. The molecular weight excluding hydrogens is 182 g/mol. The molecule has 0 saturated carbocycles. The van der Waals surface area contributed by atoms with E-state index >= 15 is 0 Å². The zero-order chi connectivity index (χ0) is 10.4. The van der Waals surface area contributed by atoms with Gasteiger partial charge in [-0.25, -0.2) is 15.4 Å². The summed E-state index contributed by atoms with van der Waals surface area (Å²) in [6, 6.07) is 1.83. The molecule has 0 fully saturated rings. The van der Waals surface area contributed by atoms with Crippen LogP contribution in [0.15, 0.2) is 17.3 Å². The van der Waals surface area contributed by atoms with Gasteiger partial charge in [-0.3, -0.25) is 4.84 Å². The minimum Gasteiger partial charge on any atom is -0.368 e. The van der Waals surface area contributed by atoms with Crippen LogP contribution >= 0.6 is 0 Å². The van der Waals surface area contributed by atoms with E-state index in [1.807, 2.05) is 13.0 Å². The molecule has 1 rings (SSSR count). The Balaban J connectivity index is 2.80. The van der Waals surface area contributed by atoms with E-state index < -0.39 is 0 Å². The fourth-order valence-corrected chi connectivity index (χ4v) is 0.870. The molecule has 6 heteroatoms. The van der Waals surface area contributed by atoms with E-state index in [4.69, 9.17) is 5.73 Å². The summed E-state index contributed by atoms with van der Waals surface area (Å²) < 4.78 is 0. The molecule has 0 bridgehead atoms. The predicted molar refractivity (Wildman–Crippen MR) is 52.8 cm³/mol. The van der Waals surface area contributed by atoms with Crippen LogP contribution in [0.5, 0.6) is 0 Å². The summed E-state index contributed by atoms with van der Waals surface area (Å²) in [6.07, 6.45) is 2.48. The second-order valence-electron chi connectivity index (χ2n) is 2.50. The lowest BCUT2D eigenvalue weighted by atomic mass is 10.3. The highest BCUT2D eigenvalue weighted by Crippen LogP contribution is 2.03. The molecule has 6 nitrogen and oxygen atoms in total.